The van der Waals surface area contributed by atoms with E-state index in [0.29, 0.717) is 0 Å². The second-order valence-electron chi connectivity index (χ2n) is 2.72. The van der Waals surface area contributed by atoms with E-state index in [1.807, 2.05) is 0 Å². The smallest absolute Gasteiger partial charge is 0.257 e. The summed E-state index contributed by atoms with van der Waals surface area (Å²) < 4.78 is 42.4. The Kier molecular flexibility index (Phi) is 5.46. The molecule has 0 bridgehead atoms. The number of alkyl halides is 2. The number of methoxy groups -OCH3 is 1. The van der Waals surface area contributed by atoms with Gasteiger partial charge in [-0.3, -0.25) is 0 Å². The highest BCUT2D eigenvalue weighted by Gasteiger charge is 2.22. The molecule has 2 N–H and O–H groups in total. The van der Waals surface area contributed by atoms with Gasteiger partial charge in [0.15, 0.2) is 11.6 Å². The second kappa shape index (κ2) is 5.82. The second-order valence-corrected chi connectivity index (χ2v) is 2.72. The van der Waals surface area contributed by atoms with Crippen LogP contribution in [0, 0.1) is 5.82 Å². The standard InChI is InChI=1S/C9H10F3NO.ClH/c1-14-6-4-2-3-5(7(6)10)8(13)9(11)12;/h2-4,8-9H,13H2,1H3;1H/t8-;/m1./s1. The predicted molar refractivity (Wildman–Crippen MR) is 53.1 cm³/mol. The van der Waals surface area contributed by atoms with Crippen molar-refractivity contribution in [3.05, 3.63) is 29.6 Å². The number of ether oxygens (including phenoxy) is 1. The van der Waals surface area contributed by atoms with Gasteiger partial charge in [0.2, 0.25) is 0 Å². The molecular weight excluding hydrogens is 231 g/mol. The third-order valence-corrected chi connectivity index (χ3v) is 1.84. The van der Waals surface area contributed by atoms with Gasteiger partial charge in [-0.1, -0.05) is 12.1 Å². The van der Waals surface area contributed by atoms with Gasteiger partial charge in [-0.05, 0) is 6.07 Å². The molecule has 0 spiro atoms. The molecule has 1 atom stereocenters. The molecule has 15 heavy (non-hydrogen) atoms. The molecule has 1 aromatic rings. The first-order valence-electron chi connectivity index (χ1n) is 3.94. The first-order chi connectivity index (χ1) is 6.57. The average molecular weight is 242 g/mol. The monoisotopic (exact) mass is 241 g/mol. The SMILES string of the molecule is COc1cccc([C@@H](N)C(F)F)c1F.Cl. The van der Waals surface area contributed by atoms with Crippen LogP contribution in [0.4, 0.5) is 13.2 Å². The lowest BCUT2D eigenvalue weighted by atomic mass is 10.1. The van der Waals surface area contributed by atoms with Crippen molar-refractivity contribution in [3.8, 4) is 5.75 Å². The molecule has 0 aromatic heterocycles. The van der Waals surface area contributed by atoms with Crippen LogP contribution in [-0.2, 0) is 0 Å². The van der Waals surface area contributed by atoms with E-state index in [9.17, 15) is 13.2 Å². The van der Waals surface area contributed by atoms with Crippen molar-refractivity contribution in [2.75, 3.05) is 7.11 Å². The molecular formula is C9H11ClF3NO. The quantitative estimate of drug-likeness (QED) is 0.883. The van der Waals surface area contributed by atoms with Crippen molar-refractivity contribution in [2.45, 2.75) is 12.5 Å². The van der Waals surface area contributed by atoms with Crippen molar-refractivity contribution < 1.29 is 17.9 Å². The minimum Gasteiger partial charge on any atom is -0.494 e. The van der Waals surface area contributed by atoms with Gasteiger partial charge in [0.05, 0.1) is 13.2 Å². The maximum Gasteiger partial charge on any atom is 0.257 e. The summed E-state index contributed by atoms with van der Waals surface area (Å²) in [5, 5.41) is 0. The molecule has 0 saturated heterocycles. The Labute approximate surface area is 91.6 Å². The Balaban J connectivity index is 0.00000196. The molecule has 0 saturated carbocycles. The summed E-state index contributed by atoms with van der Waals surface area (Å²) >= 11 is 0. The van der Waals surface area contributed by atoms with E-state index in [-0.39, 0.29) is 23.7 Å². The summed E-state index contributed by atoms with van der Waals surface area (Å²) in [6, 6.07) is 2.36. The van der Waals surface area contributed by atoms with Crippen molar-refractivity contribution in [1.29, 1.82) is 0 Å². The normalized spacial score (nSPS) is 12.1. The van der Waals surface area contributed by atoms with Crippen molar-refractivity contribution >= 4 is 12.4 Å². The molecule has 1 rings (SSSR count). The van der Waals surface area contributed by atoms with E-state index >= 15 is 0 Å². The number of halogens is 4. The molecule has 6 heteroatoms. The minimum atomic E-state index is -2.79. The lowest BCUT2D eigenvalue weighted by molar-refractivity contribution is 0.114. The van der Waals surface area contributed by atoms with Crippen LogP contribution >= 0.6 is 12.4 Å². The molecule has 1 aromatic carbocycles. The zero-order chi connectivity index (χ0) is 10.7. The van der Waals surface area contributed by atoms with E-state index in [4.69, 9.17) is 5.73 Å². The summed E-state index contributed by atoms with van der Waals surface area (Å²) in [6.07, 6.45) is -2.79. The van der Waals surface area contributed by atoms with E-state index in [1.54, 1.807) is 0 Å². The molecule has 0 aliphatic carbocycles. The highest BCUT2D eigenvalue weighted by molar-refractivity contribution is 5.85. The lowest BCUT2D eigenvalue weighted by Gasteiger charge is -2.13. The Hall–Kier alpha value is -0.940. The summed E-state index contributed by atoms with van der Waals surface area (Å²) in [6.45, 7) is 0. The first-order valence-corrected chi connectivity index (χ1v) is 3.94. The average Bonchev–Trinajstić information content (AvgIpc) is 2.17. The van der Waals surface area contributed by atoms with Crippen LogP contribution in [0.15, 0.2) is 18.2 Å². The van der Waals surface area contributed by atoms with Crippen LogP contribution in [0.5, 0.6) is 5.75 Å². The van der Waals surface area contributed by atoms with Gasteiger partial charge >= 0.3 is 0 Å². The first kappa shape index (κ1) is 14.1. The van der Waals surface area contributed by atoms with Gasteiger partial charge in [0, 0.05) is 5.56 Å². The van der Waals surface area contributed by atoms with Crippen LogP contribution in [0.25, 0.3) is 0 Å². The Morgan fingerprint density at radius 3 is 2.40 bits per heavy atom. The Bertz CT molecular complexity index is 322. The fraction of sp³-hybridized carbons (Fsp3) is 0.333. The molecule has 0 unspecified atom stereocenters. The van der Waals surface area contributed by atoms with Gasteiger partial charge in [-0.15, -0.1) is 12.4 Å². The van der Waals surface area contributed by atoms with E-state index in [2.05, 4.69) is 4.74 Å². The van der Waals surface area contributed by atoms with Gasteiger partial charge in [0.25, 0.3) is 6.43 Å². The number of hydrogen-bond acceptors (Lipinski definition) is 2. The van der Waals surface area contributed by atoms with Crippen molar-refractivity contribution in [2.24, 2.45) is 5.73 Å². The van der Waals surface area contributed by atoms with Crippen molar-refractivity contribution in [3.63, 3.8) is 0 Å². The fourth-order valence-electron chi connectivity index (χ4n) is 1.08. The topological polar surface area (TPSA) is 35.2 Å². The molecule has 0 aliphatic rings. The van der Waals surface area contributed by atoms with Crippen LogP contribution in [0.1, 0.15) is 11.6 Å². The zero-order valence-electron chi connectivity index (χ0n) is 7.91. The summed E-state index contributed by atoms with van der Waals surface area (Å²) in [7, 11) is 1.26. The summed E-state index contributed by atoms with van der Waals surface area (Å²) in [5.41, 5.74) is 4.88. The molecule has 0 heterocycles. The van der Waals surface area contributed by atoms with Gasteiger partial charge in [-0.25, -0.2) is 13.2 Å². The summed E-state index contributed by atoms with van der Waals surface area (Å²) in [5.74, 6) is -0.915. The predicted octanol–water partition coefficient (Wildman–Crippen LogP) is 2.52. The highest BCUT2D eigenvalue weighted by Crippen LogP contribution is 2.26. The van der Waals surface area contributed by atoms with Gasteiger partial charge in [-0.2, -0.15) is 0 Å². The third kappa shape index (κ3) is 3.00. The molecule has 0 fully saturated rings. The highest BCUT2D eigenvalue weighted by atomic mass is 35.5. The van der Waals surface area contributed by atoms with Crippen LogP contribution in [0.3, 0.4) is 0 Å². The van der Waals surface area contributed by atoms with E-state index in [0.717, 1.165) is 0 Å². The molecule has 0 aliphatic heterocycles. The zero-order valence-corrected chi connectivity index (χ0v) is 8.73. The minimum absolute atomic E-state index is 0. The van der Waals surface area contributed by atoms with E-state index in [1.165, 1.54) is 25.3 Å². The fourth-order valence-corrected chi connectivity index (χ4v) is 1.08. The van der Waals surface area contributed by atoms with Gasteiger partial charge < -0.3 is 10.5 Å². The maximum atomic E-state index is 13.3. The Morgan fingerprint density at radius 1 is 1.33 bits per heavy atom. The van der Waals surface area contributed by atoms with E-state index < -0.39 is 18.3 Å². The molecule has 2 nitrogen and oxygen atoms in total. The maximum absolute atomic E-state index is 13.3. The van der Waals surface area contributed by atoms with Crippen LogP contribution < -0.4 is 10.5 Å². The lowest BCUT2D eigenvalue weighted by Crippen LogP contribution is -2.20. The number of nitrogens with two attached hydrogens (primary N) is 1. The van der Waals surface area contributed by atoms with Crippen molar-refractivity contribution in [1.82, 2.24) is 0 Å². The number of hydrogen-bond donors (Lipinski definition) is 1. The molecule has 0 amide bonds. The van der Waals surface area contributed by atoms with Crippen LogP contribution in [0.2, 0.25) is 0 Å². The largest absolute Gasteiger partial charge is 0.494 e. The van der Waals surface area contributed by atoms with Crippen LogP contribution in [-0.4, -0.2) is 13.5 Å². The third-order valence-electron chi connectivity index (χ3n) is 1.84. The summed E-state index contributed by atoms with van der Waals surface area (Å²) in [4.78, 5) is 0. The number of rotatable bonds is 3. The molecule has 0 radical (unpaired) electrons. The Morgan fingerprint density at radius 2 is 1.93 bits per heavy atom. The number of benzene rings is 1. The van der Waals surface area contributed by atoms with Gasteiger partial charge in [0.1, 0.15) is 0 Å². The molecule has 86 valence electrons.